The lowest BCUT2D eigenvalue weighted by Crippen LogP contribution is -2.12. The molecule has 0 amide bonds. The molecule has 2 heteroatoms. The van der Waals surface area contributed by atoms with Crippen molar-refractivity contribution >= 4 is 5.97 Å². The number of benzene rings is 1. The Bertz CT molecular complexity index is 386. The lowest BCUT2D eigenvalue weighted by molar-refractivity contribution is -0.131. The van der Waals surface area contributed by atoms with E-state index in [1.807, 2.05) is 12.1 Å². The van der Waals surface area contributed by atoms with Crippen molar-refractivity contribution in [3.05, 3.63) is 29.3 Å². The highest BCUT2D eigenvalue weighted by atomic mass is 16.5. The Morgan fingerprint density at radius 3 is 2.38 bits per heavy atom. The topological polar surface area (TPSA) is 26.3 Å². The Morgan fingerprint density at radius 2 is 1.94 bits per heavy atom. The lowest BCUT2D eigenvalue weighted by atomic mass is 9.86. The number of aryl methyl sites for hydroxylation is 1. The van der Waals surface area contributed by atoms with Crippen LogP contribution < -0.4 is 4.74 Å². The van der Waals surface area contributed by atoms with E-state index in [9.17, 15) is 4.79 Å². The molecule has 1 rings (SSSR count). The van der Waals surface area contributed by atoms with Crippen molar-refractivity contribution in [3.63, 3.8) is 0 Å². The fourth-order valence-corrected chi connectivity index (χ4v) is 1.58. The second-order valence-corrected chi connectivity index (χ2v) is 5.02. The highest BCUT2D eigenvalue weighted by Gasteiger charge is 2.15. The predicted octanol–water partition coefficient (Wildman–Crippen LogP) is 3.47. The minimum Gasteiger partial charge on any atom is -0.426 e. The van der Waals surface area contributed by atoms with Crippen LogP contribution in [-0.4, -0.2) is 5.97 Å². The molecule has 0 bridgehead atoms. The van der Waals surface area contributed by atoms with Crippen LogP contribution in [0.1, 0.15) is 45.7 Å². The maximum absolute atomic E-state index is 10.9. The van der Waals surface area contributed by atoms with Crippen LogP contribution in [0.25, 0.3) is 0 Å². The van der Waals surface area contributed by atoms with Crippen molar-refractivity contribution in [1.82, 2.24) is 0 Å². The van der Waals surface area contributed by atoms with E-state index in [-0.39, 0.29) is 11.4 Å². The van der Waals surface area contributed by atoms with Crippen LogP contribution in [0.5, 0.6) is 5.75 Å². The summed E-state index contributed by atoms with van der Waals surface area (Å²) >= 11 is 0. The predicted molar refractivity (Wildman–Crippen MR) is 65.8 cm³/mol. The van der Waals surface area contributed by atoms with Crippen molar-refractivity contribution in [1.29, 1.82) is 0 Å². The molecule has 1 aromatic carbocycles. The number of ether oxygens (including phenoxy) is 1. The molecule has 0 saturated carbocycles. The molecule has 88 valence electrons. The van der Waals surface area contributed by atoms with Gasteiger partial charge in [-0.25, -0.2) is 0 Å². The summed E-state index contributed by atoms with van der Waals surface area (Å²) in [7, 11) is 0. The van der Waals surface area contributed by atoms with Crippen LogP contribution in [0.4, 0.5) is 0 Å². The average Bonchev–Trinajstić information content (AvgIpc) is 2.15. The molecule has 0 fully saturated rings. The van der Waals surface area contributed by atoms with E-state index in [2.05, 4.69) is 33.8 Å². The zero-order chi connectivity index (χ0) is 12.3. The maximum atomic E-state index is 10.9. The molecule has 0 spiro atoms. The molecule has 0 aliphatic heterocycles. The summed E-state index contributed by atoms with van der Waals surface area (Å²) in [6, 6.07) is 6.04. The summed E-state index contributed by atoms with van der Waals surface area (Å²) in [6.45, 7) is 10.0. The van der Waals surface area contributed by atoms with Gasteiger partial charge in [0.1, 0.15) is 5.75 Å². The summed E-state index contributed by atoms with van der Waals surface area (Å²) < 4.78 is 5.16. The summed E-state index contributed by atoms with van der Waals surface area (Å²) in [5, 5.41) is 0. The molecule has 2 nitrogen and oxygen atoms in total. The van der Waals surface area contributed by atoms with Crippen LogP contribution >= 0.6 is 0 Å². The first-order chi connectivity index (χ1) is 7.34. The van der Waals surface area contributed by atoms with Crippen molar-refractivity contribution < 1.29 is 9.53 Å². The first-order valence-corrected chi connectivity index (χ1v) is 5.66. The van der Waals surface area contributed by atoms with Gasteiger partial charge in [0.05, 0.1) is 0 Å². The quantitative estimate of drug-likeness (QED) is 0.563. The number of carbonyl (C=O) groups is 1. The van der Waals surface area contributed by atoms with E-state index in [4.69, 9.17) is 4.74 Å². The molecule has 0 N–H and O–H groups in total. The number of esters is 1. The first kappa shape index (κ1) is 12.8. The van der Waals surface area contributed by atoms with E-state index in [1.165, 1.54) is 12.5 Å². The fourth-order valence-electron chi connectivity index (χ4n) is 1.58. The molecule has 0 aliphatic carbocycles. The van der Waals surface area contributed by atoms with Crippen LogP contribution in [-0.2, 0) is 16.6 Å². The van der Waals surface area contributed by atoms with Gasteiger partial charge in [-0.05, 0) is 29.0 Å². The van der Waals surface area contributed by atoms with Crippen LogP contribution in [0.2, 0.25) is 0 Å². The van der Waals surface area contributed by atoms with Gasteiger partial charge in [-0.2, -0.15) is 0 Å². The molecule has 1 aromatic rings. The molecule has 0 unspecified atom stereocenters. The van der Waals surface area contributed by atoms with E-state index < -0.39 is 0 Å². The number of rotatable bonds is 2. The Labute approximate surface area is 97.6 Å². The van der Waals surface area contributed by atoms with Gasteiger partial charge in [-0.3, -0.25) is 4.79 Å². The minimum absolute atomic E-state index is 0.124. The van der Waals surface area contributed by atoms with Crippen LogP contribution in [0.3, 0.4) is 0 Å². The van der Waals surface area contributed by atoms with Gasteiger partial charge in [0.15, 0.2) is 0 Å². The normalized spacial score (nSPS) is 11.3. The number of carbonyl (C=O) groups excluding carboxylic acids is 1. The van der Waals surface area contributed by atoms with Gasteiger partial charge in [0.25, 0.3) is 0 Å². The third-order valence-corrected chi connectivity index (χ3v) is 2.56. The summed E-state index contributed by atoms with van der Waals surface area (Å²) in [6.07, 6.45) is 0.868. The second kappa shape index (κ2) is 4.69. The summed E-state index contributed by atoms with van der Waals surface area (Å²) in [4.78, 5) is 10.9. The van der Waals surface area contributed by atoms with Gasteiger partial charge in [0, 0.05) is 6.92 Å². The fraction of sp³-hybridized carbons (Fsp3) is 0.500. The summed E-state index contributed by atoms with van der Waals surface area (Å²) in [5.74, 6) is 0.418. The van der Waals surface area contributed by atoms with E-state index in [0.717, 1.165) is 12.0 Å². The first-order valence-electron chi connectivity index (χ1n) is 5.66. The van der Waals surface area contributed by atoms with Gasteiger partial charge in [0.2, 0.25) is 0 Å². The standard InChI is InChI=1S/C14H20O2/c1-6-11-9-12(14(3,4)5)7-8-13(11)16-10(2)15/h7-9H,6H2,1-5H3. The molecule has 0 atom stereocenters. The Hall–Kier alpha value is -1.31. The van der Waals surface area contributed by atoms with Crippen molar-refractivity contribution in [2.75, 3.05) is 0 Å². The smallest absolute Gasteiger partial charge is 0.308 e. The zero-order valence-electron chi connectivity index (χ0n) is 10.8. The van der Waals surface area contributed by atoms with Crippen LogP contribution in [0.15, 0.2) is 18.2 Å². The van der Waals surface area contributed by atoms with E-state index >= 15 is 0 Å². The van der Waals surface area contributed by atoms with Crippen molar-refractivity contribution in [2.45, 2.75) is 46.5 Å². The Balaban J connectivity index is 3.11. The van der Waals surface area contributed by atoms with Gasteiger partial charge < -0.3 is 4.74 Å². The largest absolute Gasteiger partial charge is 0.426 e. The number of hydrogen-bond acceptors (Lipinski definition) is 2. The van der Waals surface area contributed by atoms with E-state index in [1.54, 1.807) is 0 Å². The third-order valence-electron chi connectivity index (χ3n) is 2.56. The minimum atomic E-state index is -0.266. The molecule has 0 saturated heterocycles. The zero-order valence-corrected chi connectivity index (χ0v) is 10.8. The van der Waals surface area contributed by atoms with Gasteiger partial charge in [-0.15, -0.1) is 0 Å². The number of hydrogen-bond donors (Lipinski definition) is 0. The molecule has 0 aromatic heterocycles. The molecular formula is C14H20O2. The van der Waals surface area contributed by atoms with E-state index in [0.29, 0.717) is 5.75 Å². The molecule has 16 heavy (non-hydrogen) atoms. The molecule has 0 aliphatic rings. The average molecular weight is 220 g/mol. The Kier molecular flexibility index (Phi) is 3.74. The molecule has 0 radical (unpaired) electrons. The summed E-state index contributed by atoms with van der Waals surface area (Å²) in [5.41, 5.74) is 2.47. The van der Waals surface area contributed by atoms with Crippen molar-refractivity contribution in [3.8, 4) is 5.75 Å². The second-order valence-electron chi connectivity index (χ2n) is 5.02. The van der Waals surface area contributed by atoms with Gasteiger partial charge >= 0.3 is 5.97 Å². The Morgan fingerprint density at radius 1 is 1.31 bits per heavy atom. The van der Waals surface area contributed by atoms with Crippen molar-refractivity contribution in [2.24, 2.45) is 0 Å². The molecule has 0 heterocycles. The third kappa shape index (κ3) is 3.09. The van der Waals surface area contributed by atoms with Crippen LogP contribution in [0, 0.1) is 0 Å². The highest BCUT2D eigenvalue weighted by Crippen LogP contribution is 2.28. The van der Waals surface area contributed by atoms with Gasteiger partial charge in [-0.1, -0.05) is 39.8 Å². The molecular weight excluding hydrogens is 200 g/mol. The SMILES string of the molecule is CCc1cc(C(C)(C)C)ccc1OC(C)=O. The monoisotopic (exact) mass is 220 g/mol. The lowest BCUT2D eigenvalue weighted by Gasteiger charge is -2.20. The maximum Gasteiger partial charge on any atom is 0.308 e. The highest BCUT2D eigenvalue weighted by molar-refractivity contribution is 5.69.